The minimum atomic E-state index is -0.434. The number of nitrogens with zero attached hydrogens (tertiary/aromatic N) is 2. The molecule has 3 aromatic rings. The third-order valence-electron chi connectivity index (χ3n) is 4.26. The quantitative estimate of drug-likeness (QED) is 0.658. The van der Waals surface area contributed by atoms with E-state index in [1.165, 1.54) is 7.11 Å². The van der Waals surface area contributed by atoms with Crippen molar-refractivity contribution in [1.82, 2.24) is 9.78 Å². The summed E-state index contributed by atoms with van der Waals surface area (Å²) < 4.78 is 18.6. The largest absolute Gasteiger partial charge is 0.495 e. The predicted octanol–water partition coefficient (Wildman–Crippen LogP) is 4.03. The van der Waals surface area contributed by atoms with Crippen LogP contribution in [0, 0.1) is 0 Å². The summed E-state index contributed by atoms with van der Waals surface area (Å²) in [5.74, 6) is 1.96. The number of anilines is 2. The second-order valence-corrected chi connectivity index (χ2v) is 6.81. The zero-order chi connectivity index (χ0) is 20.2. The van der Waals surface area contributed by atoms with Crippen LogP contribution in [0.4, 0.5) is 16.2 Å². The highest BCUT2D eigenvalue weighted by Gasteiger charge is 2.21. The molecule has 0 fully saturated rings. The molecule has 0 spiro atoms. The molecule has 1 atom stereocenters. The molecule has 2 aromatic carbocycles. The molecule has 9 heteroatoms. The van der Waals surface area contributed by atoms with Crippen molar-refractivity contribution in [3.8, 4) is 17.2 Å². The standard InChI is InChI=1S/C20H19ClN4O4/c1-27-17-7-6-13(21)8-16(17)24-20(26)23-14-9-22-25(10-14)11-15-12-28-18-4-2-3-5-19(18)29-15/h2-10,15H,11-12H2,1H3,(H2,23,24,26). The number of methoxy groups -OCH3 is 1. The lowest BCUT2D eigenvalue weighted by Gasteiger charge is -2.26. The van der Waals surface area contributed by atoms with Gasteiger partial charge in [0, 0.05) is 11.2 Å². The maximum Gasteiger partial charge on any atom is 0.323 e. The highest BCUT2D eigenvalue weighted by atomic mass is 35.5. The summed E-state index contributed by atoms with van der Waals surface area (Å²) in [6.07, 6.45) is 3.10. The Kier molecular flexibility index (Phi) is 5.44. The number of benzene rings is 2. The fourth-order valence-electron chi connectivity index (χ4n) is 2.95. The van der Waals surface area contributed by atoms with Crippen molar-refractivity contribution in [2.24, 2.45) is 0 Å². The van der Waals surface area contributed by atoms with Gasteiger partial charge in [-0.25, -0.2) is 4.79 Å². The number of amides is 2. The molecule has 2 heterocycles. The lowest BCUT2D eigenvalue weighted by atomic mass is 10.2. The number of nitrogens with one attached hydrogen (secondary N) is 2. The zero-order valence-corrected chi connectivity index (χ0v) is 16.3. The molecule has 0 saturated heterocycles. The summed E-state index contributed by atoms with van der Waals surface area (Å²) in [6.45, 7) is 0.911. The number of urea groups is 1. The van der Waals surface area contributed by atoms with Crippen molar-refractivity contribution in [1.29, 1.82) is 0 Å². The number of rotatable bonds is 5. The Morgan fingerprint density at radius 3 is 2.93 bits per heavy atom. The maximum atomic E-state index is 12.3. The summed E-state index contributed by atoms with van der Waals surface area (Å²) in [5.41, 5.74) is 1.01. The number of hydrogen-bond acceptors (Lipinski definition) is 5. The second kappa shape index (κ2) is 8.32. The van der Waals surface area contributed by atoms with Crippen molar-refractivity contribution < 1.29 is 19.0 Å². The molecule has 8 nitrogen and oxygen atoms in total. The van der Waals surface area contributed by atoms with Gasteiger partial charge in [0.1, 0.15) is 12.4 Å². The Morgan fingerprint density at radius 1 is 1.28 bits per heavy atom. The van der Waals surface area contributed by atoms with Crippen LogP contribution in [0.5, 0.6) is 17.2 Å². The van der Waals surface area contributed by atoms with E-state index < -0.39 is 6.03 Å². The molecule has 2 amide bonds. The first kappa shape index (κ1) is 18.9. The first-order valence-electron chi connectivity index (χ1n) is 8.93. The average Bonchev–Trinajstić information content (AvgIpc) is 3.14. The van der Waals surface area contributed by atoms with Crippen LogP contribution >= 0.6 is 11.6 Å². The number of carbonyl (C=O) groups excluding carboxylic acids is 1. The van der Waals surface area contributed by atoms with Crippen LogP contribution in [-0.4, -0.2) is 35.6 Å². The Balaban J connectivity index is 1.35. The second-order valence-electron chi connectivity index (χ2n) is 6.37. The summed E-state index contributed by atoms with van der Waals surface area (Å²) >= 11 is 5.98. The highest BCUT2D eigenvalue weighted by molar-refractivity contribution is 6.31. The number of carbonyl (C=O) groups is 1. The fourth-order valence-corrected chi connectivity index (χ4v) is 3.12. The van der Waals surface area contributed by atoms with Crippen LogP contribution < -0.4 is 24.8 Å². The fraction of sp³-hybridized carbons (Fsp3) is 0.200. The van der Waals surface area contributed by atoms with Gasteiger partial charge in [-0.1, -0.05) is 23.7 Å². The van der Waals surface area contributed by atoms with E-state index in [1.807, 2.05) is 24.3 Å². The van der Waals surface area contributed by atoms with Gasteiger partial charge in [0.15, 0.2) is 17.6 Å². The highest BCUT2D eigenvalue weighted by Crippen LogP contribution is 2.31. The van der Waals surface area contributed by atoms with Gasteiger partial charge in [-0.05, 0) is 30.3 Å². The normalized spacial score (nSPS) is 14.9. The zero-order valence-electron chi connectivity index (χ0n) is 15.6. The molecule has 0 radical (unpaired) electrons. The average molecular weight is 415 g/mol. The minimum absolute atomic E-state index is 0.179. The Bertz CT molecular complexity index is 1020. The van der Waals surface area contributed by atoms with Crippen LogP contribution in [0.1, 0.15) is 0 Å². The predicted molar refractivity (Wildman–Crippen MR) is 109 cm³/mol. The first-order valence-corrected chi connectivity index (χ1v) is 9.31. The third kappa shape index (κ3) is 4.55. The van der Waals surface area contributed by atoms with Crippen molar-refractivity contribution in [3.05, 3.63) is 59.9 Å². The molecule has 0 aliphatic carbocycles. The van der Waals surface area contributed by atoms with Gasteiger partial charge in [-0.15, -0.1) is 0 Å². The van der Waals surface area contributed by atoms with Gasteiger partial charge in [-0.3, -0.25) is 4.68 Å². The summed E-state index contributed by atoms with van der Waals surface area (Å²) in [5, 5.41) is 10.2. The molecule has 1 aromatic heterocycles. The number of para-hydroxylation sites is 2. The molecule has 150 valence electrons. The molecular formula is C20H19ClN4O4. The van der Waals surface area contributed by atoms with Crippen molar-refractivity contribution in [2.75, 3.05) is 24.4 Å². The molecule has 1 aliphatic heterocycles. The van der Waals surface area contributed by atoms with E-state index in [4.69, 9.17) is 25.8 Å². The van der Waals surface area contributed by atoms with E-state index in [1.54, 1.807) is 35.3 Å². The van der Waals surface area contributed by atoms with Gasteiger partial charge < -0.3 is 24.8 Å². The van der Waals surface area contributed by atoms with Gasteiger partial charge in [0.25, 0.3) is 0 Å². The van der Waals surface area contributed by atoms with Crippen LogP contribution in [-0.2, 0) is 6.54 Å². The van der Waals surface area contributed by atoms with Crippen LogP contribution in [0.25, 0.3) is 0 Å². The van der Waals surface area contributed by atoms with Crippen LogP contribution in [0.15, 0.2) is 54.9 Å². The minimum Gasteiger partial charge on any atom is -0.495 e. The molecule has 4 rings (SSSR count). The molecule has 2 N–H and O–H groups in total. The van der Waals surface area contributed by atoms with E-state index >= 15 is 0 Å². The molecule has 29 heavy (non-hydrogen) atoms. The molecule has 0 bridgehead atoms. The van der Waals surface area contributed by atoms with Crippen molar-refractivity contribution in [2.45, 2.75) is 12.6 Å². The molecular weight excluding hydrogens is 396 g/mol. The summed E-state index contributed by atoms with van der Waals surface area (Å²) in [4.78, 5) is 12.3. The number of ether oxygens (including phenoxy) is 3. The topological polar surface area (TPSA) is 86.6 Å². The van der Waals surface area contributed by atoms with Gasteiger partial charge >= 0.3 is 6.03 Å². The van der Waals surface area contributed by atoms with Crippen molar-refractivity contribution >= 4 is 29.0 Å². The maximum absolute atomic E-state index is 12.3. The molecule has 1 aliphatic rings. The number of fused-ring (bicyclic) bond motifs is 1. The van der Waals surface area contributed by atoms with E-state index in [0.29, 0.717) is 41.0 Å². The lowest BCUT2D eigenvalue weighted by Crippen LogP contribution is -2.33. The SMILES string of the molecule is COc1ccc(Cl)cc1NC(=O)Nc1cnn(CC2COc3ccccc3O2)c1. The lowest BCUT2D eigenvalue weighted by molar-refractivity contribution is 0.0759. The van der Waals surface area contributed by atoms with Gasteiger partial charge in [0.2, 0.25) is 0 Å². The molecule has 0 saturated carbocycles. The van der Waals surface area contributed by atoms with E-state index in [9.17, 15) is 4.79 Å². The first-order chi connectivity index (χ1) is 14.1. The summed E-state index contributed by atoms with van der Waals surface area (Å²) in [7, 11) is 1.52. The Labute approximate surface area is 172 Å². The third-order valence-corrected chi connectivity index (χ3v) is 4.49. The molecule has 1 unspecified atom stereocenters. The smallest absolute Gasteiger partial charge is 0.323 e. The number of aromatic nitrogens is 2. The van der Waals surface area contributed by atoms with Crippen LogP contribution in [0.3, 0.4) is 0 Å². The van der Waals surface area contributed by atoms with E-state index in [-0.39, 0.29) is 6.10 Å². The Morgan fingerprint density at radius 2 is 2.10 bits per heavy atom. The van der Waals surface area contributed by atoms with Crippen LogP contribution in [0.2, 0.25) is 5.02 Å². The van der Waals surface area contributed by atoms with Gasteiger partial charge in [0.05, 0.1) is 31.2 Å². The number of hydrogen-bond donors (Lipinski definition) is 2. The van der Waals surface area contributed by atoms with E-state index in [0.717, 1.165) is 5.75 Å². The number of halogens is 1. The summed E-state index contributed by atoms with van der Waals surface area (Å²) in [6, 6.07) is 12.1. The Hall–Kier alpha value is -3.39. The monoisotopic (exact) mass is 414 g/mol. The van der Waals surface area contributed by atoms with Gasteiger partial charge in [-0.2, -0.15) is 5.10 Å². The van der Waals surface area contributed by atoms with Crippen molar-refractivity contribution in [3.63, 3.8) is 0 Å². The van der Waals surface area contributed by atoms with E-state index in [2.05, 4.69) is 15.7 Å².